The van der Waals surface area contributed by atoms with Crippen molar-refractivity contribution in [2.24, 2.45) is 0 Å². The van der Waals surface area contributed by atoms with E-state index in [9.17, 15) is 4.79 Å². The van der Waals surface area contributed by atoms with E-state index in [1.807, 2.05) is 6.07 Å². The number of hydrogen-bond donors (Lipinski definition) is 0. The van der Waals surface area contributed by atoms with Crippen molar-refractivity contribution in [2.75, 3.05) is 31.1 Å². The molecule has 0 bridgehead atoms. The molecule has 1 saturated heterocycles. The number of ketones is 1. The van der Waals surface area contributed by atoms with Crippen LogP contribution in [0.3, 0.4) is 0 Å². The van der Waals surface area contributed by atoms with Gasteiger partial charge in [0.15, 0.2) is 17.4 Å². The van der Waals surface area contributed by atoms with E-state index < -0.39 is 0 Å². The Labute approximate surface area is 102 Å². The summed E-state index contributed by atoms with van der Waals surface area (Å²) in [6.07, 6.45) is 0. The molecule has 17 heavy (non-hydrogen) atoms. The molecule has 1 aromatic rings. The summed E-state index contributed by atoms with van der Waals surface area (Å²) < 4.78 is 5.54. The van der Waals surface area contributed by atoms with Gasteiger partial charge in [-0.15, -0.1) is 0 Å². The van der Waals surface area contributed by atoms with Gasteiger partial charge in [-0.25, -0.2) is 0 Å². The number of carbonyl (C=O) groups excluding carboxylic acids is 1. The molecule has 0 N–H and O–H groups in total. The van der Waals surface area contributed by atoms with Gasteiger partial charge in [-0.05, 0) is 19.9 Å². The number of Topliss-reactive ketones (excluding diaryl/α,β-unsaturated/α-hetero) is 1. The minimum atomic E-state index is -0.0166. The summed E-state index contributed by atoms with van der Waals surface area (Å²) in [7, 11) is 0. The standard InChI is InChI=1S/C13H20N2O2/c1-10(2)14-6-8-15(9-7-14)13-5-4-12(17-13)11(3)16/h4-5,10H,6-9H2,1-3H3. The van der Waals surface area contributed by atoms with Crippen LogP contribution in [-0.4, -0.2) is 42.9 Å². The number of hydrogen-bond acceptors (Lipinski definition) is 4. The highest BCUT2D eigenvalue weighted by molar-refractivity contribution is 5.91. The second kappa shape index (κ2) is 4.92. The molecule has 0 amide bonds. The molecule has 94 valence electrons. The lowest BCUT2D eigenvalue weighted by Gasteiger charge is -2.36. The van der Waals surface area contributed by atoms with Crippen LogP contribution in [0.1, 0.15) is 31.3 Å². The molecule has 0 unspecified atom stereocenters. The predicted molar refractivity (Wildman–Crippen MR) is 67.6 cm³/mol. The maximum absolute atomic E-state index is 11.2. The summed E-state index contributed by atoms with van der Waals surface area (Å²) in [5, 5.41) is 0. The molecule has 4 heteroatoms. The Hall–Kier alpha value is -1.29. The van der Waals surface area contributed by atoms with E-state index in [0.29, 0.717) is 11.8 Å². The Morgan fingerprint density at radius 1 is 1.24 bits per heavy atom. The average molecular weight is 236 g/mol. The average Bonchev–Trinajstić information content (AvgIpc) is 2.78. The fourth-order valence-corrected chi connectivity index (χ4v) is 2.15. The SMILES string of the molecule is CC(=O)c1ccc(N2CCN(C(C)C)CC2)o1. The topological polar surface area (TPSA) is 36.7 Å². The zero-order valence-electron chi connectivity index (χ0n) is 10.8. The van der Waals surface area contributed by atoms with Gasteiger partial charge in [0.2, 0.25) is 0 Å². The van der Waals surface area contributed by atoms with E-state index in [1.54, 1.807) is 6.07 Å². The maximum Gasteiger partial charge on any atom is 0.196 e. The van der Waals surface area contributed by atoms with Crippen LogP contribution in [0.25, 0.3) is 0 Å². The first-order chi connectivity index (χ1) is 8.08. The van der Waals surface area contributed by atoms with Crippen molar-refractivity contribution in [2.45, 2.75) is 26.8 Å². The van der Waals surface area contributed by atoms with Crippen molar-refractivity contribution in [1.29, 1.82) is 0 Å². The minimum Gasteiger partial charge on any atom is -0.437 e. The molecule has 1 aliphatic rings. The quantitative estimate of drug-likeness (QED) is 0.752. The van der Waals surface area contributed by atoms with Crippen LogP contribution < -0.4 is 4.90 Å². The summed E-state index contributed by atoms with van der Waals surface area (Å²) in [5.41, 5.74) is 0. The summed E-state index contributed by atoms with van der Waals surface area (Å²) >= 11 is 0. The van der Waals surface area contributed by atoms with Crippen LogP contribution in [0, 0.1) is 0 Å². The van der Waals surface area contributed by atoms with Crippen molar-refractivity contribution in [3.05, 3.63) is 17.9 Å². The maximum atomic E-state index is 11.2. The van der Waals surface area contributed by atoms with Crippen molar-refractivity contribution >= 4 is 11.7 Å². The molecule has 2 heterocycles. The zero-order valence-corrected chi connectivity index (χ0v) is 10.8. The molecule has 0 aliphatic carbocycles. The van der Waals surface area contributed by atoms with Crippen molar-refractivity contribution in [3.8, 4) is 0 Å². The lowest BCUT2D eigenvalue weighted by molar-refractivity contribution is 0.0987. The lowest BCUT2D eigenvalue weighted by Crippen LogP contribution is -2.48. The van der Waals surface area contributed by atoms with Crippen LogP contribution in [0.15, 0.2) is 16.5 Å². The van der Waals surface area contributed by atoms with Gasteiger partial charge in [0.25, 0.3) is 0 Å². The van der Waals surface area contributed by atoms with E-state index in [-0.39, 0.29) is 5.78 Å². The molecule has 1 aromatic heterocycles. The largest absolute Gasteiger partial charge is 0.437 e. The van der Waals surface area contributed by atoms with Gasteiger partial charge in [-0.1, -0.05) is 0 Å². The Morgan fingerprint density at radius 3 is 2.35 bits per heavy atom. The first-order valence-corrected chi connectivity index (χ1v) is 6.17. The summed E-state index contributed by atoms with van der Waals surface area (Å²) in [6, 6.07) is 4.25. The second-order valence-corrected chi connectivity index (χ2v) is 4.81. The molecule has 4 nitrogen and oxygen atoms in total. The highest BCUT2D eigenvalue weighted by Gasteiger charge is 2.21. The molecular formula is C13H20N2O2. The van der Waals surface area contributed by atoms with Gasteiger partial charge in [0.05, 0.1) is 0 Å². The monoisotopic (exact) mass is 236 g/mol. The zero-order chi connectivity index (χ0) is 12.4. The normalized spacial score (nSPS) is 17.8. The number of rotatable bonds is 3. The van der Waals surface area contributed by atoms with E-state index in [2.05, 4.69) is 23.6 Å². The number of carbonyl (C=O) groups is 1. The van der Waals surface area contributed by atoms with Gasteiger partial charge in [-0.2, -0.15) is 0 Å². The molecule has 2 rings (SSSR count). The van der Waals surface area contributed by atoms with E-state index in [0.717, 1.165) is 32.1 Å². The smallest absolute Gasteiger partial charge is 0.196 e. The number of anilines is 1. The molecule has 0 atom stereocenters. The summed E-state index contributed by atoms with van der Waals surface area (Å²) in [4.78, 5) is 15.8. The first-order valence-electron chi connectivity index (χ1n) is 6.17. The van der Waals surface area contributed by atoms with E-state index in [4.69, 9.17) is 4.42 Å². The van der Waals surface area contributed by atoms with Crippen molar-refractivity contribution in [1.82, 2.24) is 4.90 Å². The number of piperazine rings is 1. The Morgan fingerprint density at radius 2 is 1.88 bits per heavy atom. The highest BCUT2D eigenvalue weighted by atomic mass is 16.4. The van der Waals surface area contributed by atoms with Crippen LogP contribution in [0.5, 0.6) is 0 Å². The minimum absolute atomic E-state index is 0.0166. The first kappa shape index (κ1) is 12.2. The second-order valence-electron chi connectivity index (χ2n) is 4.81. The van der Waals surface area contributed by atoms with Crippen LogP contribution in [0.4, 0.5) is 5.88 Å². The van der Waals surface area contributed by atoms with Crippen LogP contribution >= 0.6 is 0 Å². The van der Waals surface area contributed by atoms with Gasteiger partial charge >= 0.3 is 0 Å². The third-order valence-electron chi connectivity index (χ3n) is 3.30. The molecular weight excluding hydrogens is 216 g/mol. The van der Waals surface area contributed by atoms with E-state index in [1.165, 1.54) is 6.92 Å². The highest BCUT2D eigenvalue weighted by Crippen LogP contribution is 2.20. The third kappa shape index (κ3) is 2.69. The van der Waals surface area contributed by atoms with Crippen molar-refractivity contribution < 1.29 is 9.21 Å². The molecule has 1 aliphatic heterocycles. The van der Waals surface area contributed by atoms with Crippen molar-refractivity contribution in [3.63, 3.8) is 0 Å². The molecule has 0 spiro atoms. The number of furan rings is 1. The number of nitrogens with zero attached hydrogens (tertiary/aromatic N) is 2. The van der Waals surface area contributed by atoms with Gasteiger partial charge in [-0.3, -0.25) is 9.69 Å². The fraction of sp³-hybridized carbons (Fsp3) is 0.615. The summed E-state index contributed by atoms with van der Waals surface area (Å²) in [5.74, 6) is 1.25. The van der Waals surface area contributed by atoms with Gasteiger partial charge in [0, 0.05) is 45.2 Å². The Bertz CT molecular complexity index is 390. The van der Waals surface area contributed by atoms with Gasteiger partial charge < -0.3 is 9.32 Å². The molecule has 1 fully saturated rings. The van der Waals surface area contributed by atoms with E-state index >= 15 is 0 Å². The fourth-order valence-electron chi connectivity index (χ4n) is 2.15. The lowest BCUT2D eigenvalue weighted by atomic mass is 10.2. The Balaban J connectivity index is 1.98. The third-order valence-corrected chi connectivity index (χ3v) is 3.30. The molecule has 0 aromatic carbocycles. The Kier molecular flexibility index (Phi) is 3.52. The molecule has 0 saturated carbocycles. The predicted octanol–water partition coefficient (Wildman–Crippen LogP) is 2.01. The summed E-state index contributed by atoms with van der Waals surface area (Å²) in [6.45, 7) is 9.99. The van der Waals surface area contributed by atoms with Gasteiger partial charge in [0.1, 0.15) is 0 Å². The van der Waals surface area contributed by atoms with Crippen LogP contribution in [-0.2, 0) is 0 Å². The van der Waals surface area contributed by atoms with Crippen LogP contribution in [0.2, 0.25) is 0 Å². The molecule has 0 radical (unpaired) electrons.